The zero-order chi connectivity index (χ0) is 35.1. The second-order valence-electron chi connectivity index (χ2n) is 12.8. The Kier molecular flexibility index (Phi) is 11.6. The molecule has 5 aromatic rings. The Balaban J connectivity index is 1.29. The maximum absolute atomic E-state index is 12.8. The van der Waals surface area contributed by atoms with E-state index in [2.05, 4.69) is 21.8 Å². The first-order valence-electron chi connectivity index (χ1n) is 16.9. The molecule has 9 heteroatoms. The van der Waals surface area contributed by atoms with Gasteiger partial charge in [0.2, 0.25) is 10.0 Å². The number of rotatable bonds is 13. The number of hydrogen-bond acceptors (Lipinski definition) is 7. The largest absolute Gasteiger partial charge is 0.392 e. The minimum atomic E-state index is -3.65. The number of aliphatic hydroxyl groups excluding tert-OH is 2. The molecular weight excluding hydrogens is 649 g/mol. The summed E-state index contributed by atoms with van der Waals surface area (Å²) in [5.74, 6) is -0.192. The van der Waals surface area contributed by atoms with E-state index in [0.29, 0.717) is 6.54 Å². The number of hydrogen-bond donors (Lipinski definition) is 3. The molecule has 5 aromatic carbocycles. The lowest BCUT2D eigenvalue weighted by atomic mass is 9.83. The van der Waals surface area contributed by atoms with E-state index in [9.17, 15) is 18.6 Å². The number of nitrogens with one attached hydrogen (secondary N) is 1. The summed E-state index contributed by atoms with van der Waals surface area (Å²) in [6.07, 6.45) is -2.15. The lowest BCUT2D eigenvalue weighted by Gasteiger charge is -2.45. The Morgan fingerprint density at radius 2 is 1.28 bits per heavy atom. The molecule has 0 amide bonds. The quantitative estimate of drug-likeness (QED) is 0.127. The van der Waals surface area contributed by atoms with E-state index in [0.717, 1.165) is 33.4 Å². The summed E-state index contributed by atoms with van der Waals surface area (Å²) < 4.78 is 41.9. The van der Waals surface area contributed by atoms with Gasteiger partial charge in [-0.05, 0) is 53.9 Å². The monoisotopic (exact) mass is 692 g/mol. The third-order valence-corrected chi connectivity index (χ3v) is 10.9. The average Bonchev–Trinajstić information content (AvgIpc) is 3.17. The van der Waals surface area contributed by atoms with E-state index in [-0.39, 0.29) is 36.1 Å². The van der Waals surface area contributed by atoms with Crippen molar-refractivity contribution in [2.45, 2.75) is 61.5 Å². The lowest BCUT2D eigenvalue weighted by molar-refractivity contribution is -0.264. The van der Waals surface area contributed by atoms with Gasteiger partial charge < -0.3 is 19.7 Å². The molecule has 260 valence electrons. The van der Waals surface area contributed by atoms with E-state index >= 15 is 0 Å². The predicted octanol–water partition coefficient (Wildman–Crippen LogP) is 6.65. The number of benzene rings is 5. The number of sulfonamides is 1. The molecule has 1 aliphatic rings. The summed E-state index contributed by atoms with van der Waals surface area (Å²) in [5.41, 5.74) is 5.28. The Hall–Kier alpha value is -4.19. The van der Waals surface area contributed by atoms with Gasteiger partial charge in [0.15, 0.2) is 6.29 Å². The van der Waals surface area contributed by atoms with Crippen molar-refractivity contribution in [3.8, 4) is 0 Å². The number of ether oxygens (including phenoxy) is 2. The third-order valence-electron chi connectivity index (χ3n) is 9.50. The Morgan fingerprint density at radius 1 is 0.720 bits per heavy atom. The zero-order valence-electron chi connectivity index (χ0n) is 28.2. The summed E-state index contributed by atoms with van der Waals surface area (Å²) in [4.78, 5) is 2.35. The van der Waals surface area contributed by atoms with Gasteiger partial charge in [0, 0.05) is 30.6 Å². The van der Waals surface area contributed by atoms with Gasteiger partial charge in [0.05, 0.1) is 29.8 Å². The van der Waals surface area contributed by atoms with Crippen LogP contribution in [0.25, 0.3) is 0 Å². The predicted molar refractivity (Wildman–Crippen MR) is 193 cm³/mol. The molecule has 8 nitrogen and oxygen atoms in total. The van der Waals surface area contributed by atoms with Crippen LogP contribution in [0.2, 0.25) is 0 Å². The third kappa shape index (κ3) is 8.39. The molecule has 0 aliphatic carbocycles. The van der Waals surface area contributed by atoms with Gasteiger partial charge in [-0.15, -0.1) is 0 Å². The molecular formula is C41H44N2O6S. The number of nitrogens with zero attached hydrogens (tertiary/aromatic N) is 1. The summed E-state index contributed by atoms with van der Waals surface area (Å²) in [6.45, 7) is 2.61. The zero-order valence-corrected chi connectivity index (χ0v) is 29.1. The minimum absolute atomic E-state index is 0.0530. The fourth-order valence-corrected chi connectivity index (χ4v) is 7.48. The topological polar surface area (TPSA) is 108 Å². The standard InChI is InChI=1S/C41H44N2O6S/c1-29(39(45)33-14-8-4-9-15-33)43(2)27-37-38(32-12-6-3-7-13-32)40(34-22-20-31(28-44)21-23-34)49-41(48-37)35-24-18-30(19-25-35)26-42-50(46,47)36-16-10-5-11-17-36/h3-25,29,37-42,44-45H,26-28H2,1-2H3/t29-,37+,38+,39-,40-,41?/m0/s1. The van der Waals surface area contributed by atoms with Gasteiger partial charge in [-0.2, -0.15) is 0 Å². The summed E-state index contributed by atoms with van der Waals surface area (Å²) in [5, 5.41) is 21.0. The van der Waals surface area contributed by atoms with Crippen molar-refractivity contribution in [2.75, 3.05) is 13.6 Å². The summed E-state index contributed by atoms with van der Waals surface area (Å²) in [7, 11) is -1.65. The molecule has 1 fully saturated rings. The average molecular weight is 693 g/mol. The maximum Gasteiger partial charge on any atom is 0.240 e. The Labute approximate surface area is 295 Å². The van der Waals surface area contributed by atoms with Crippen molar-refractivity contribution < 1.29 is 28.1 Å². The van der Waals surface area contributed by atoms with Crippen LogP contribution in [0.3, 0.4) is 0 Å². The van der Waals surface area contributed by atoms with Gasteiger partial charge in [-0.25, -0.2) is 13.1 Å². The van der Waals surface area contributed by atoms with Crippen LogP contribution in [0.4, 0.5) is 0 Å². The second kappa shape index (κ2) is 16.2. The van der Waals surface area contributed by atoms with Crippen LogP contribution in [0.1, 0.15) is 64.7 Å². The summed E-state index contributed by atoms with van der Waals surface area (Å²) >= 11 is 0. The Morgan fingerprint density at radius 3 is 1.90 bits per heavy atom. The fraction of sp³-hybridized carbons (Fsp3) is 0.268. The molecule has 1 heterocycles. The van der Waals surface area contributed by atoms with E-state index in [4.69, 9.17) is 9.47 Å². The van der Waals surface area contributed by atoms with Crippen molar-refractivity contribution in [2.24, 2.45) is 0 Å². The van der Waals surface area contributed by atoms with Crippen LogP contribution in [-0.2, 0) is 32.6 Å². The smallest absolute Gasteiger partial charge is 0.240 e. The molecule has 1 unspecified atom stereocenters. The first kappa shape index (κ1) is 35.6. The number of likely N-dealkylation sites (N-methyl/N-ethyl adjacent to an activating group) is 1. The first-order chi connectivity index (χ1) is 24.2. The molecule has 0 aromatic heterocycles. The second-order valence-corrected chi connectivity index (χ2v) is 14.6. The SMILES string of the molecule is C[C@@H]([C@H](O)c1ccccc1)N(C)C[C@H]1OC(c2ccc(CNS(=O)(=O)c3ccccc3)cc2)O[C@@H](c2ccc(CO)cc2)[C@@H]1c1ccccc1. The van der Waals surface area contributed by atoms with E-state index < -0.39 is 28.5 Å². The molecule has 6 atom stereocenters. The summed E-state index contributed by atoms with van der Waals surface area (Å²) in [6, 6.07) is 43.4. The molecule has 50 heavy (non-hydrogen) atoms. The van der Waals surface area contributed by atoms with Crippen molar-refractivity contribution in [1.82, 2.24) is 9.62 Å². The van der Waals surface area contributed by atoms with E-state index in [1.165, 1.54) is 0 Å². The molecule has 3 N–H and O–H groups in total. The molecule has 0 saturated carbocycles. The molecule has 0 radical (unpaired) electrons. The van der Waals surface area contributed by atoms with Crippen molar-refractivity contribution >= 4 is 10.0 Å². The van der Waals surface area contributed by atoms with Crippen molar-refractivity contribution in [1.29, 1.82) is 0 Å². The van der Waals surface area contributed by atoms with Crippen LogP contribution in [0.5, 0.6) is 0 Å². The highest BCUT2D eigenvalue weighted by molar-refractivity contribution is 7.89. The van der Waals surface area contributed by atoms with Gasteiger partial charge in [-0.3, -0.25) is 4.90 Å². The van der Waals surface area contributed by atoms with Gasteiger partial charge in [-0.1, -0.05) is 127 Å². The van der Waals surface area contributed by atoms with Crippen LogP contribution in [0, 0.1) is 0 Å². The number of aliphatic hydroxyl groups is 2. The van der Waals surface area contributed by atoms with Crippen molar-refractivity contribution in [3.05, 3.63) is 173 Å². The van der Waals surface area contributed by atoms with Crippen LogP contribution < -0.4 is 4.72 Å². The normalized spacial score (nSPS) is 20.7. The van der Waals surface area contributed by atoms with E-state index in [1.807, 2.05) is 111 Å². The highest BCUT2D eigenvalue weighted by Gasteiger charge is 2.43. The van der Waals surface area contributed by atoms with Gasteiger partial charge in [0.25, 0.3) is 0 Å². The van der Waals surface area contributed by atoms with Crippen LogP contribution in [0.15, 0.2) is 144 Å². The fourth-order valence-electron chi connectivity index (χ4n) is 6.44. The minimum Gasteiger partial charge on any atom is -0.392 e. The van der Waals surface area contributed by atoms with Crippen LogP contribution in [-0.4, -0.2) is 49.3 Å². The van der Waals surface area contributed by atoms with Crippen molar-refractivity contribution in [3.63, 3.8) is 0 Å². The molecule has 0 spiro atoms. The van der Waals surface area contributed by atoms with Crippen LogP contribution >= 0.6 is 0 Å². The highest BCUT2D eigenvalue weighted by atomic mass is 32.2. The molecule has 1 saturated heterocycles. The molecule has 0 bridgehead atoms. The van der Waals surface area contributed by atoms with E-state index in [1.54, 1.807) is 30.3 Å². The Bertz CT molecular complexity index is 1890. The highest BCUT2D eigenvalue weighted by Crippen LogP contribution is 2.47. The first-order valence-corrected chi connectivity index (χ1v) is 18.3. The van der Waals surface area contributed by atoms with Gasteiger partial charge >= 0.3 is 0 Å². The van der Waals surface area contributed by atoms with Gasteiger partial charge in [0.1, 0.15) is 0 Å². The molecule has 1 aliphatic heterocycles. The maximum atomic E-state index is 12.8. The lowest BCUT2D eigenvalue weighted by Crippen LogP contribution is -2.46. The molecule has 6 rings (SSSR count).